The summed E-state index contributed by atoms with van der Waals surface area (Å²) >= 11 is 1.28. The van der Waals surface area contributed by atoms with Gasteiger partial charge in [-0.25, -0.2) is 4.39 Å². The van der Waals surface area contributed by atoms with E-state index < -0.39 is 10.0 Å². The van der Waals surface area contributed by atoms with Crippen LogP contribution in [0.15, 0.2) is 88.2 Å². The second-order valence-corrected chi connectivity index (χ2v) is 8.82. The van der Waals surface area contributed by atoms with Gasteiger partial charge in [-0.1, -0.05) is 66.4 Å². The molecular formula is C21H17FN2O2S2. The monoisotopic (exact) mass is 412 g/mol. The Morgan fingerprint density at radius 1 is 0.893 bits per heavy atom. The second kappa shape index (κ2) is 7.77. The lowest BCUT2D eigenvalue weighted by Gasteiger charge is -2.30. The maximum Gasteiger partial charge on any atom is 0.286 e. The van der Waals surface area contributed by atoms with Crippen molar-refractivity contribution in [2.75, 3.05) is 4.90 Å². The summed E-state index contributed by atoms with van der Waals surface area (Å²) < 4.78 is 42.8. The second-order valence-electron chi connectivity index (χ2n) is 6.31. The minimum Gasteiger partial charge on any atom is -0.315 e. The van der Waals surface area contributed by atoms with Gasteiger partial charge in [0.25, 0.3) is 10.0 Å². The van der Waals surface area contributed by atoms with Gasteiger partial charge in [-0.15, -0.1) is 4.40 Å². The maximum absolute atomic E-state index is 13.5. The first-order valence-electron chi connectivity index (χ1n) is 8.66. The van der Waals surface area contributed by atoms with Crippen LogP contribution in [0, 0.1) is 5.82 Å². The van der Waals surface area contributed by atoms with Gasteiger partial charge in [-0.3, -0.25) is 0 Å². The van der Waals surface area contributed by atoms with Crippen LogP contribution in [-0.2, 0) is 22.3 Å². The molecule has 4 rings (SSSR count). The molecule has 0 aromatic heterocycles. The molecule has 0 aliphatic carbocycles. The molecule has 1 heterocycles. The number of hydrogen-bond donors (Lipinski definition) is 0. The van der Waals surface area contributed by atoms with E-state index in [1.165, 1.54) is 23.9 Å². The van der Waals surface area contributed by atoms with Crippen molar-refractivity contribution in [1.82, 2.24) is 0 Å². The summed E-state index contributed by atoms with van der Waals surface area (Å²) in [7, 11) is -3.78. The highest BCUT2D eigenvalue weighted by molar-refractivity contribution is 8.14. The van der Waals surface area contributed by atoms with Gasteiger partial charge in [-0.2, -0.15) is 8.42 Å². The molecule has 0 radical (unpaired) electrons. The van der Waals surface area contributed by atoms with E-state index in [0.29, 0.717) is 23.2 Å². The summed E-state index contributed by atoms with van der Waals surface area (Å²) in [4.78, 5) is 2.09. The number of hydrogen-bond acceptors (Lipinski definition) is 4. The fraction of sp³-hybridized carbons (Fsp3) is 0.0952. The van der Waals surface area contributed by atoms with Crippen molar-refractivity contribution in [1.29, 1.82) is 0 Å². The molecule has 0 unspecified atom stereocenters. The predicted octanol–water partition coefficient (Wildman–Crippen LogP) is 4.82. The number of benzene rings is 3. The molecular weight excluding hydrogens is 395 g/mol. The van der Waals surface area contributed by atoms with E-state index in [-0.39, 0.29) is 10.7 Å². The first-order chi connectivity index (χ1) is 13.5. The van der Waals surface area contributed by atoms with Crippen molar-refractivity contribution in [3.05, 3.63) is 95.8 Å². The van der Waals surface area contributed by atoms with Gasteiger partial charge < -0.3 is 4.90 Å². The topological polar surface area (TPSA) is 49.7 Å². The van der Waals surface area contributed by atoms with Crippen molar-refractivity contribution in [3.8, 4) is 0 Å². The lowest BCUT2D eigenvalue weighted by molar-refractivity contribution is 0.597. The molecule has 0 spiro atoms. The van der Waals surface area contributed by atoms with E-state index in [0.717, 1.165) is 11.1 Å². The Bertz CT molecular complexity index is 1130. The smallest absolute Gasteiger partial charge is 0.286 e. The van der Waals surface area contributed by atoms with Gasteiger partial charge in [0, 0.05) is 5.75 Å². The zero-order chi connectivity index (χ0) is 19.6. The average molecular weight is 413 g/mol. The summed E-state index contributed by atoms with van der Waals surface area (Å²) in [5.74, 6) is 0.0994. The highest BCUT2D eigenvalue weighted by Crippen LogP contribution is 2.35. The van der Waals surface area contributed by atoms with Crippen molar-refractivity contribution in [2.24, 2.45) is 4.40 Å². The molecule has 3 aromatic carbocycles. The van der Waals surface area contributed by atoms with Crippen LogP contribution in [0.1, 0.15) is 11.1 Å². The van der Waals surface area contributed by atoms with E-state index in [1.54, 1.807) is 24.3 Å². The van der Waals surface area contributed by atoms with Crippen LogP contribution >= 0.6 is 11.8 Å². The molecule has 7 heteroatoms. The predicted molar refractivity (Wildman–Crippen MR) is 111 cm³/mol. The number of thioether (sulfide) groups is 1. The molecule has 142 valence electrons. The van der Waals surface area contributed by atoms with Crippen molar-refractivity contribution in [2.45, 2.75) is 17.2 Å². The van der Waals surface area contributed by atoms with E-state index >= 15 is 0 Å². The molecule has 0 bridgehead atoms. The molecule has 28 heavy (non-hydrogen) atoms. The van der Waals surface area contributed by atoms with Gasteiger partial charge >= 0.3 is 0 Å². The lowest BCUT2D eigenvalue weighted by Crippen LogP contribution is -2.33. The van der Waals surface area contributed by atoms with E-state index in [9.17, 15) is 12.8 Å². The Labute approximate surface area is 167 Å². The quantitative estimate of drug-likeness (QED) is 0.616. The van der Waals surface area contributed by atoms with Crippen LogP contribution < -0.4 is 4.90 Å². The number of rotatable bonds is 4. The molecule has 0 saturated heterocycles. The van der Waals surface area contributed by atoms with Gasteiger partial charge in [-0.05, 0) is 35.4 Å². The molecule has 0 N–H and O–H groups in total. The first-order valence-corrected chi connectivity index (χ1v) is 11.1. The number of halogens is 1. The van der Waals surface area contributed by atoms with Crippen LogP contribution in [0.3, 0.4) is 0 Å². The first kappa shape index (κ1) is 18.7. The van der Waals surface area contributed by atoms with E-state index in [4.69, 9.17) is 0 Å². The molecule has 0 amide bonds. The van der Waals surface area contributed by atoms with Gasteiger partial charge in [0.15, 0.2) is 5.17 Å². The summed E-state index contributed by atoms with van der Waals surface area (Å²) in [5.41, 5.74) is 2.40. The molecule has 0 atom stereocenters. The molecule has 0 saturated carbocycles. The van der Waals surface area contributed by atoms with Crippen LogP contribution in [0.5, 0.6) is 0 Å². The largest absolute Gasteiger partial charge is 0.315 e. The Morgan fingerprint density at radius 3 is 2.39 bits per heavy atom. The Kier molecular flexibility index (Phi) is 5.19. The minimum atomic E-state index is -3.78. The van der Waals surface area contributed by atoms with Crippen molar-refractivity contribution >= 4 is 32.6 Å². The average Bonchev–Trinajstić information content (AvgIpc) is 2.70. The van der Waals surface area contributed by atoms with Crippen LogP contribution in [0.25, 0.3) is 0 Å². The number of sulfonamides is 1. The number of nitrogens with zero attached hydrogens (tertiary/aromatic N) is 2. The summed E-state index contributed by atoms with van der Waals surface area (Å²) in [6, 6.07) is 22.9. The number of para-hydroxylation sites is 1. The molecule has 1 aliphatic rings. The minimum absolute atomic E-state index is 0.195. The highest BCUT2D eigenvalue weighted by Gasteiger charge is 2.30. The van der Waals surface area contributed by atoms with Crippen LogP contribution in [0.2, 0.25) is 0 Å². The Hall–Kier alpha value is -2.64. The third-order valence-corrected chi connectivity index (χ3v) is 6.78. The number of fused-ring (bicyclic) bond motifs is 1. The van der Waals surface area contributed by atoms with Crippen LogP contribution in [-0.4, -0.2) is 13.6 Å². The van der Waals surface area contributed by atoms with Gasteiger partial charge in [0.1, 0.15) is 10.7 Å². The summed E-state index contributed by atoms with van der Waals surface area (Å²) in [6.07, 6.45) is 0. The van der Waals surface area contributed by atoms with E-state index in [1.807, 2.05) is 47.4 Å². The lowest BCUT2D eigenvalue weighted by atomic mass is 10.2. The molecule has 3 aromatic rings. The zero-order valence-electron chi connectivity index (χ0n) is 14.8. The van der Waals surface area contributed by atoms with Crippen LogP contribution in [0.4, 0.5) is 10.1 Å². The molecule has 0 fully saturated rings. The zero-order valence-corrected chi connectivity index (χ0v) is 16.5. The standard InChI is InChI=1S/C21H17FN2O2S2/c22-18-10-6-9-17(13-18)15-27-21-23-28(25,26)20-12-5-4-11-19(20)24(21)14-16-7-2-1-3-8-16/h1-13H,14-15H2. The van der Waals surface area contributed by atoms with E-state index in [2.05, 4.69) is 4.40 Å². The molecule has 4 nitrogen and oxygen atoms in total. The third kappa shape index (κ3) is 3.95. The van der Waals surface area contributed by atoms with Crippen molar-refractivity contribution < 1.29 is 12.8 Å². The molecule has 1 aliphatic heterocycles. The Balaban J connectivity index is 1.70. The third-order valence-electron chi connectivity index (χ3n) is 4.30. The highest BCUT2D eigenvalue weighted by atomic mass is 32.2. The fourth-order valence-electron chi connectivity index (χ4n) is 3.00. The summed E-state index contributed by atoms with van der Waals surface area (Å²) in [6.45, 7) is 0.488. The number of anilines is 1. The SMILES string of the molecule is O=S1(=O)N=C(SCc2cccc(F)c2)N(Cc2ccccc2)c2ccccc21. The Morgan fingerprint density at radius 2 is 1.61 bits per heavy atom. The fourth-order valence-corrected chi connectivity index (χ4v) is 5.40. The maximum atomic E-state index is 13.5. The number of amidine groups is 1. The summed E-state index contributed by atoms with van der Waals surface area (Å²) in [5, 5.41) is 0.381. The van der Waals surface area contributed by atoms with Gasteiger partial charge in [0.2, 0.25) is 0 Å². The van der Waals surface area contributed by atoms with Gasteiger partial charge in [0.05, 0.1) is 12.2 Å². The van der Waals surface area contributed by atoms with Crippen molar-refractivity contribution in [3.63, 3.8) is 0 Å². The normalized spacial score (nSPS) is 15.0.